The topological polar surface area (TPSA) is 49.3 Å². The van der Waals surface area contributed by atoms with Gasteiger partial charge in [0.05, 0.1) is 0 Å². The molecule has 0 saturated carbocycles. The van der Waals surface area contributed by atoms with E-state index in [4.69, 9.17) is 5.11 Å². The van der Waals surface area contributed by atoms with E-state index in [0.717, 1.165) is 18.8 Å². The Hall–Kier alpha value is -0.730. The van der Waals surface area contributed by atoms with Crippen LogP contribution in [0, 0.1) is 5.92 Å². The van der Waals surface area contributed by atoms with Gasteiger partial charge < -0.3 is 10.4 Å². The number of nitrogens with one attached hydrogen (secondary N) is 1. The molecule has 0 aliphatic carbocycles. The van der Waals surface area contributed by atoms with Crippen LogP contribution in [0.3, 0.4) is 0 Å². The van der Waals surface area contributed by atoms with Gasteiger partial charge in [-0.2, -0.15) is 0 Å². The standard InChI is InChI=1S/C9H19NO2/c1-3-8(2)6-4-5-7-10-9(11)12/h8,10H,3-7H2,1-2H3,(H,11,12). The van der Waals surface area contributed by atoms with Crippen molar-refractivity contribution in [3.8, 4) is 0 Å². The van der Waals surface area contributed by atoms with Crippen molar-refractivity contribution in [1.82, 2.24) is 5.32 Å². The highest BCUT2D eigenvalue weighted by Gasteiger charge is 1.98. The van der Waals surface area contributed by atoms with Gasteiger partial charge in [-0.05, 0) is 12.3 Å². The fraction of sp³-hybridized carbons (Fsp3) is 0.889. The maximum Gasteiger partial charge on any atom is 0.404 e. The molecule has 3 nitrogen and oxygen atoms in total. The summed E-state index contributed by atoms with van der Waals surface area (Å²) in [5, 5.41) is 10.6. The maximum atomic E-state index is 10.0. The van der Waals surface area contributed by atoms with Crippen molar-refractivity contribution in [2.75, 3.05) is 6.54 Å². The normalized spacial score (nSPS) is 12.5. The molecule has 0 radical (unpaired) electrons. The van der Waals surface area contributed by atoms with Crippen molar-refractivity contribution >= 4 is 6.09 Å². The molecule has 0 rings (SSSR count). The van der Waals surface area contributed by atoms with E-state index >= 15 is 0 Å². The quantitative estimate of drug-likeness (QED) is 0.606. The molecule has 72 valence electrons. The van der Waals surface area contributed by atoms with Crippen molar-refractivity contribution in [1.29, 1.82) is 0 Å². The highest BCUT2D eigenvalue weighted by molar-refractivity contribution is 5.64. The van der Waals surface area contributed by atoms with E-state index < -0.39 is 6.09 Å². The summed E-state index contributed by atoms with van der Waals surface area (Å²) in [5.74, 6) is 0.773. The van der Waals surface area contributed by atoms with E-state index in [1.807, 2.05) is 0 Å². The van der Waals surface area contributed by atoms with E-state index in [1.165, 1.54) is 12.8 Å². The number of rotatable bonds is 6. The lowest BCUT2D eigenvalue weighted by molar-refractivity contribution is 0.194. The number of amides is 1. The van der Waals surface area contributed by atoms with Gasteiger partial charge in [0.15, 0.2) is 0 Å². The summed E-state index contributed by atoms with van der Waals surface area (Å²) in [4.78, 5) is 10.0. The summed E-state index contributed by atoms with van der Waals surface area (Å²) >= 11 is 0. The predicted molar refractivity (Wildman–Crippen MR) is 49.3 cm³/mol. The minimum absolute atomic E-state index is 0.589. The van der Waals surface area contributed by atoms with Gasteiger partial charge in [0.1, 0.15) is 0 Å². The molecule has 2 N–H and O–H groups in total. The zero-order valence-electron chi connectivity index (χ0n) is 7.97. The molecule has 0 aliphatic heterocycles. The highest BCUT2D eigenvalue weighted by atomic mass is 16.4. The molecule has 1 atom stereocenters. The van der Waals surface area contributed by atoms with Crippen LogP contribution in [0.25, 0.3) is 0 Å². The third kappa shape index (κ3) is 7.38. The Balaban J connectivity index is 3.05. The Bertz CT molecular complexity index is 126. The van der Waals surface area contributed by atoms with Crippen molar-refractivity contribution in [2.45, 2.75) is 39.5 Å². The summed E-state index contributed by atoms with van der Waals surface area (Å²) in [6, 6.07) is 0. The van der Waals surface area contributed by atoms with E-state index in [0.29, 0.717) is 6.54 Å². The van der Waals surface area contributed by atoms with Crippen LogP contribution in [0.5, 0.6) is 0 Å². The Labute approximate surface area is 74.2 Å². The van der Waals surface area contributed by atoms with Gasteiger partial charge in [0, 0.05) is 6.54 Å². The predicted octanol–water partition coefficient (Wildman–Crippen LogP) is 2.47. The van der Waals surface area contributed by atoms with Crippen molar-refractivity contribution in [3.05, 3.63) is 0 Å². The third-order valence-corrected chi connectivity index (χ3v) is 2.10. The second-order valence-corrected chi connectivity index (χ2v) is 3.24. The Kier molecular flexibility index (Phi) is 6.53. The number of unbranched alkanes of at least 4 members (excludes halogenated alkanes) is 1. The van der Waals surface area contributed by atoms with E-state index in [9.17, 15) is 4.79 Å². The molecule has 0 saturated heterocycles. The minimum atomic E-state index is -0.918. The Morgan fingerprint density at radius 2 is 2.17 bits per heavy atom. The molecule has 1 unspecified atom stereocenters. The van der Waals surface area contributed by atoms with Crippen molar-refractivity contribution in [2.24, 2.45) is 5.92 Å². The first-order chi connectivity index (χ1) is 5.66. The average Bonchev–Trinajstić information content (AvgIpc) is 2.03. The fourth-order valence-corrected chi connectivity index (χ4v) is 1.02. The highest BCUT2D eigenvalue weighted by Crippen LogP contribution is 2.10. The van der Waals surface area contributed by atoms with Gasteiger partial charge >= 0.3 is 6.09 Å². The first-order valence-electron chi connectivity index (χ1n) is 4.63. The molecule has 12 heavy (non-hydrogen) atoms. The summed E-state index contributed by atoms with van der Waals surface area (Å²) in [6.45, 7) is 5.00. The SMILES string of the molecule is CCC(C)CCCCNC(=O)O. The van der Waals surface area contributed by atoms with Gasteiger partial charge in [-0.15, -0.1) is 0 Å². The molecule has 0 aliphatic rings. The van der Waals surface area contributed by atoms with Crippen LogP contribution >= 0.6 is 0 Å². The summed E-state index contributed by atoms with van der Waals surface area (Å²) in [6.07, 6.45) is 3.58. The lowest BCUT2D eigenvalue weighted by Crippen LogP contribution is -2.21. The first-order valence-corrected chi connectivity index (χ1v) is 4.63. The second kappa shape index (κ2) is 6.95. The van der Waals surface area contributed by atoms with Crippen LogP contribution in [-0.4, -0.2) is 17.7 Å². The largest absolute Gasteiger partial charge is 0.465 e. The van der Waals surface area contributed by atoms with Gasteiger partial charge in [-0.1, -0.05) is 33.1 Å². The van der Waals surface area contributed by atoms with E-state index in [-0.39, 0.29) is 0 Å². The molecule has 3 heteroatoms. The third-order valence-electron chi connectivity index (χ3n) is 2.10. The fourth-order valence-electron chi connectivity index (χ4n) is 1.02. The minimum Gasteiger partial charge on any atom is -0.465 e. The van der Waals surface area contributed by atoms with Gasteiger partial charge in [-0.25, -0.2) is 4.79 Å². The molecule has 0 fully saturated rings. The summed E-state index contributed by atoms with van der Waals surface area (Å²) in [7, 11) is 0. The molecule has 0 spiro atoms. The number of carbonyl (C=O) groups is 1. The van der Waals surface area contributed by atoms with Crippen LogP contribution in [-0.2, 0) is 0 Å². The molecule has 1 amide bonds. The van der Waals surface area contributed by atoms with Crippen LogP contribution in [0.1, 0.15) is 39.5 Å². The van der Waals surface area contributed by atoms with Crippen molar-refractivity contribution < 1.29 is 9.90 Å². The Morgan fingerprint density at radius 3 is 2.67 bits per heavy atom. The van der Waals surface area contributed by atoms with Crippen LogP contribution in [0.15, 0.2) is 0 Å². The molecule has 0 aromatic rings. The van der Waals surface area contributed by atoms with Gasteiger partial charge in [0.25, 0.3) is 0 Å². The lowest BCUT2D eigenvalue weighted by Gasteiger charge is -2.06. The number of hydrogen-bond donors (Lipinski definition) is 2. The van der Waals surface area contributed by atoms with Crippen LogP contribution in [0.4, 0.5) is 4.79 Å². The average molecular weight is 173 g/mol. The van der Waals surface area contributed by atoms with Gasteiger partial charge in [-0.3, -0.25) is 0 Å². The molecule has 0 heterocycles. The van der Waals surface area contributed by atoms with E-state index in [1.54, 1.807) is 0 Å². The zero-order chi connectivity index (χ0) is 9.40. The van der Waals surface area contributed by atoms with Crippen LogP contribution in [0.2, 0.25) is 0 Å². The molecule has 0 aromatic carbocycles. The Morgan fingerprint density at radius 1 is 1.50 bits per heavy atom. The molecule has 0 bridgehead atoms. The zero-order valence-corrected chi connectivity index (χ0v) is 7.97. The second-order valence-electron chi connectivity index (χ2n) is 3.24. The number of hydrogen-bond acceptors (Lipinski definition) is 1. The lowest BCUT2D eigenvalue weighted by atomic mass is 10.0. The smallest absolute Gasteiger partial charge is 0.404 e. The molecular formula is C9H19NO2. The molecule has 0 aromatic heterocycles. The van der Waals surface area contributed by atoms with Crippen molar-refractivity contribution in [3.63, 3.8) is 0 Å². The first kappa shape index (κ1) is 11.3. The van der Waals surface area contributed by atoms with E-state index in [2.05, 4.69) is 19.2 Å². The summed E-state index contributed by atoms with van der Waals surface area (Å²) < 4.78 is 0. The maximum absolute atomic E-state index is 10.0. The molecular weight excluding hydrogens is 154 g/mol. The summed E-state index contributed by atoms with van der Waals surface area (Å²) in [5.41, 5.74) is 0. The van der Waals surface area contributed by atoms with Gasteiger partial charge in [0.2, 0.25) is 0 Å². The van der Waals surface area contributed by atoms with Crippen LogP contribution < -0.4 is 5.32 Å². The number of carboxylic acid groups (broad SMARTS) is 1. The monoisotopic (exact) mass is 173 g/mol.